The summed E-state index contributed by atoms with van der Waals surface area (Å²) in [5, 5.41) is 0.367. The lowest BCUT2D eigenvalue weighted by molar-refractivity contribution is -0.114. The Kier molecular flexibility index (Phi) is 3.26. The molecule has 2 aromatic rings. The van der Waals surface area contributed by atoms with E-state index < -0.39 is 11.7 Å². The highest BCUT2D eigenvalue weighted by atomic mass is 35.5. The number of pyridine rings is 1. The number of aryl methyl sites for hydroxylation is 2. The summed E-state index contributed by atoms with van der Waals surface area (Å²) in [6, 6.07) is 9.01. The second-order valence-electron chi connectivity index (χ2n) is 5.10. The minimum atomic E-state index is -0.510. The number of Topliss-reactive ketones (excluding diaryl/α,β-unsaturated/α-hetero) is 1. The lowest BCUT2D eigenvalue weighted by atomic mass is 10.0. The predicted octanol–water partition coefficient (Wildman–Crippen LogP) is 3.08. The lowest BCUT2D eigenvalue weighted by Crippen LogP contribution is -2.29. The van der Waals surface area contributed by atoms with E-state index in [1.165, 1.54) is 4.90 Å². The van der Waals surface area contributed by atoms with Crippen LogP contribution in [0.3, 0.4) is 0 Å². The molecule has 1 aliphatic heterocycles. The molecular formula is C16H13ClN2O2. The number of aromatic nitrogens is 1. The third kappa shape index (κ3) is 2.21. The number of benzene rings is 1. The fourth-order valence-corrected chi connectivity index (χ4v) is 2.79. The third-order valence-corrected chi connectivity index (χ3v) is 3.83. The Bertz CT molecular complexity index is 771. The topological polar surface area (TPSA) is 50.3 Å². The van der Waals surface area contributed by atoms with Crippen LogP contribution in [-0.2, 0) is 11.3 Å². The van der Waals surface area contributed by atoms with Crippen LogP contribution < -0.4 is 4.90 Å². The van der Waals surface area contributed by atoms with Crippen LogP contribution >= 0.6 is 11.6 Å². The molecule has 21 heavy (non-hydrogen) atoms. The average Bonchev–Trinajstić information content (AvgIpc) is 2.69. The molecule has 0 bridgehead atoms. The molecule has 0 N–H and O–H groups in total. The molecule has 106 valence electrons. The molecular weight excluding hydrogens is 288 g/mol. The Morgan fingerprint density at radius 1 is 1.10 bits per heavy atom. The molecule has 5 heteroatoms. The van der Waals surface area contributed by atoms with Gasteiger partial charge in [0, 0.05) is 0 Å². The van der Waals surface area contributed by atoms with Gasteiger partial charge in [0.2, 0.25) is 0 Å². The number of nitrogens with zero attached hydrogens (tertiary/aromatic N) is 2. The standard InChI is InChI=1S/C16H13ClN2O2/c1-9-6-7-10(2)14-13(9)15(20)16(21)19(14)8-11-4-3-5-12(17)18-11/h3-7H,8H2,1-2H3. The van der Waals surface area contributed by atoms with E-state index in [0.29, 0.717) is 22.1 Å². The van der Waals surface area contributed by atoms with Crippen LogP contribution in [-0.4, -0.2) is 16.7 Å². The second-order valence-corrected chi connectivity index (χ2v) is 5.48. The number of carbonyl (C=O) groups is 2. The fraction of sp³-hybridized carbons (Fsp3) is 0.188. The zero-order chi connectivity index (χ0) is 15.1. The molecule has 1 amide bonds. The van der Waals surface area contributed by atoms with Gasteiger partial charge in [-0.15, -0.1) is 0 Å². The van der Waals surface area contributed by atoms with Gasteiger partial charge in [-0.05, 0) is 37.1 Å². The summed E-state index contributed by atoms with van der Waals surface area (Å²) < 4.78 is 0. The van der Waals surface area contributed by atoms with Gasteiger partial charge in [0.1, 0.15) is 5.15 Å². The fourth-order valence-electron chi connectivity index (χ4n) is 2.61. The number of rotatable bonds is 2. The molecule has 0 saturated carbocycles. The monoisotopic (exact) mass is 300 g/mol. The summed E-state index contributed by atoms with van der Waals surface area (Å²) in [5.74, 6) is -0.961. The van der Waals surface area contributed by atoms with Gasteiger partial charge in [0.05, 0.1) is 23.5 Å². The van der Waals surface area contributed by atoms with Crippen LogP contribution in [0.5, 0.6) is 0 Å². The summed E-state index contributed by atoms with van der Waals surface area (Å²) in [4.78, 5) is 30.1. The first kappa shape index (κ1) is 13.8. The third-order valence-electron chi connectivity index (χ3n) is 3.62. The van der Waals surface area contributed by atoms with Crippen LogP contribution in [0.4, 0.5) is 5.69 Å². The summed E-state index contributed by atoms with van der Waals surface area (Å²) in [6.07, 6.45) is 0. The van der Waals surface area contributed by atoms with E-state index in [-0.39, 0.29) is 6.54 Å². The molecule has 1 aromatic carbocycles. The number of ketones is 1. The van der Waals surface area contributed by atoms with E-state index in [9.17, 15) is 9.59 Å². The lowest BCUT2D eigenvalue weighted by Gasteiger charge is -2.18. The summed E-state index contributed by atoms with van der Waals surface area (Å²) in [5.41, 5.74) is 3.55. The first-order valence-electron chi connectivity index (χ1n) is 6.57. The van der Waals surface area contributed by atoms with Crippen molar-refractivity contribution in [3.63, 3.8) is 0 Å². The second kappa shape index (κ2) is 4.97. The molecule has 0 spiro atoms. The molecule has 0 fully saturated rings. The van der Waals surface area contributed by atoms with E-state index in [2.05, 4.69) is 4.98 Å². The number of amides is 1. The number of hydrogen-bond acceptors (Lipinski definition) is 3. The highest BCUT2D eigenvalue weighted by Gasteiger charge is 2.38. The first-order chi connectivity index (χ1) is 9.99. The highest BCUT2D eigenvalue weighted by molar-refractivity contribution is 6.52. The van der Waals surface area contributed by atoms with Crippen molar-refractivity contribution >= 4 is 29.0 Å². The summed E-state index contributed by atoms with van der Waals surface area (Å²) in [6.45, 7) is 3.97. The van der Waals surface area contributed by atoms with Gasteiger partial charge >= 0.3 is 0 Å². The van der Waals surface area contributed by atoms with Crippen LogP contribution in [0.1, 0.15) is 27.2 Å². The molecule has 0 radical (unpaired) electrons. The molecule has 3 rings (SSSR count). The minimum Gasteiger partial charge on any atom is -0.298 e. The van der Waals surface area contributed by atoms with Gasteiger partial charge in [0.25, 0.3) is 11.7 Å². The number of halogens is 1. The Morgan fingerprint density at radius 2 is 1.81 bits per heavy atom. The summed E-state index contributed by atoms with van der Waals surface area (Å²) >= 11 is 5.87. The zero-order valence-electron chi connectivity index (χ0n) is 11.7. The Hall–Kier alpha value is -2.20. The average molecular weight is 301 g/mol. The SMILES string of the molecule is Cc1ccc(C)c2c1C(=O)C(=O)N2Cc1cccc(Cl)n1. The Balaban J connectivity index is 2.08. The van der Waals surface area contributed by atoms with E-state index in [1.54, 1.807) is 18.2 Å². The molecule has 1 aliphatic rings. The highest BCUT2D eigenvalue weighted by Crippen LogP contribution is 2.35. The van der Waals surface area contributed by atoms with Crippen molar-refractivity contribution in [1.82, 2.24) is 4.98 Å². The number of carbonyl (C=O) groups excluding carboxylic acids is 2. The van der Waals surface area contributed by atoms with E-state index in [0.717, 1.165) is 11.1 Å². The zero-order valence-corrected chi connectivity index (χ0v) is 12.4. The van der Waals surface area contributed by atoms with Crippen molar-refractivity contribution in [2.75, 3.05) is 4.90 Å². The molecule has 1 aromatic heterocycles. The van der Waals surface area contributed by atoms with Gasteiger partial charge < -0.3 is 0 Å². The van der Waals surface area contributed by atoms with Gasteiger partial charge in [-0.1, -0.05) is 29.8 Å². The number of fused-ring (bicyclic) bond motifs is 1. The van der Waals surface area contributed by atoms with E-state index in [4.69, 9.17) is 11.6 Å². The quantitative estimate of drug-likeness (QED) is 0.632. The van der Waals surface area contributed by atoms with Crippen LogP contribution in [0.25, 0.3) is 0 Å². The number of hydrogen-bond donors (Lipinski definition) is 0. The Morgan fingerprint density at radius 3 is 2.52 bits per heavy atom. The molecule has 0 saturated heterocycles. The summed E-state index contributed by atoms with van der Waals surface area (Å²) in [7, 11) is 0. The smallest absolute Gasteiger partial charge is 0.298 e. The van der Waals surface area contributed by atoms with Crippen molar-refractivity contribution in [2.24, 2.45) is 0 Å². The molecule has 2 heterocycles. The van der Waals surface area contributed by atoms with Gasteiger partial charge in [-0.3, -0.25) is 14.5 Å². The maximum absolute atomic E-state index is 12.3. The van der Waals surface area contributed by atoms with Gasteiger partial charge in [-0.2, -0.15) is 0 Å². The van der Waals surface area contributed by atoms with Crippen molar-refractivity contribution in [3.05, 3.63) is 57.9 Å². The first-order valence-corrected chi connectivity index (χ1v) is 6.94. The van der Waals surface area contributed by atoms with Crippen LogP contribution in [0.2, 0.25) is 5.15 Å². The molecule has 0 unspecified atom stereocenters. The predicted molar refractivity (Wildman–Crippen MR) is 80.7 cm³/mol. The molecule has 0 aliphatic carbocycles. The van der Waals surface area contributed by atoms with Crippen molar-refractivity contribution in [3.8, 4) is 0 Å². The maximum Gasteiger partial charge on any atom is 0.299 e. The van der Waals surface area contributed by atoms with Crippen LogP contribution in [0, 0.1) is 13.8 Å². The van der Waals surface area contributed by atoms with E-state index >= 15 is 0 Å². The Labute approximate surface area is 127 Å². The van der Waals surface area contributed by atoms with Crippen molar-refractivity contribution < 1.29 is 9.59 Å². The molecule has 0 atom stereocenters. The maximum atomic E-state index is 12.3. The van der Waals surface area contributed by atoms with Crippen molar-refractivity contribution in [1.29, 1.82) is 0 Å². The molecule has 4 nitrogen and oxygen atoms in total. The van der Waals surface area contributed by atoms with Gasteiger partial charge in [-0.25, -0.2) is 4.98 Å². The minimum absolute atomic E-state index is 0.239. The van der Waals surface area contributed by atoms with Gasteiger partial charge in [0.15, 0.2) is 0 Å². The van der Waals surface area contributed by atoms with E-state index in [1.807, 2.05) is 26.0 Å². The largest absolute Gasteiger partial charge is 0.299 e. The number of anilines is 1. The van der Waals surface area contributed by atoms with Crippen molar-refractivity contribution in [2.45, 2.75) is 20.4 Å². The van der Waals surface area contributed by atoms with Crippen LogP contribution in [0.15, 0.2) is 30.3 Å². The normalized spacial score (nSPS) is 13.8.